The molecule has 10 heteroatoms. The SMILES string of the molecule is CC(C)n1c(N2CCNC(CO)C2)nc2c([N+](=O)[O-])c(Br)c(Br)cc21. The minimum atomic E-state index is -0.410. The molecule has 0 aliphatic carbocycles. The summed E-state index contributed by atoms with van der Waals surface area (Å²) in [5, 5.41) is 24.3. The van der Waals surface area contributed by atoms with Crippen LogP contribution in [0, 0.1) is 10.1 Å². The summed E-state index contributed by atoms with van der Waals surface area (Å²) in [6.07, 6.45) is 0. The van der Waals surface area contributed by atoms with Gasteiger partial charge >= 0.3 is 5.69 Å². The molecule has 1 atom stereocenters. The lowest BCUT2D eigenvalue weighted by molar-refractivity contribution is -0.384. The molecule has 25 heavy (non-hydrogen) atoms. The van der Waals surface area contributed by atoms with Gasteiger partial charge in [0, 0.05) is 36.2 Å². The molecule has 2 heterocycles. The van der Waals surface area contributed by atoms with E-state index in [4.69, 9.17) is 0 Å². The van der Waals surface area contributed by atoms with Crippen LogP contribution in [0.25, 0.3) is 11.0 Å². The van der Waals surface area contributed by atoms with E-state index in [0.29, 0.717) is 32.5 Å². The summed E-state index contributed by atoms with van der Waals surface area (Å²) in [5.41, 5.74) is 1.03. The minimum absolute atomic E-state index is 0.0374. The Bertz CT molecular complexity index is 823. The van der Waals surface area contributed by atoms with Gasteiger partial charge in [-0.1, -0.05) is 0 Å². The topological polar surface area (TPSA) is 96.5 Å². The van der Waals surface area contributed by atoms with E-state index in [-0.39, 0.29) is 24.4 Å². The molecule has 0 radical (unpaired) electrons. The van der Waals surface area contributed by atoms with Crippen LogP contribution < -0.4 is 10.2 Å². The molecule has 0 saturated carbocycles. The Morgan fingerprint density at radius 1 is 1.52 bits per heavy atom. The molecule has 136 valence electrons. The second-order valence-electron chi connectivity index (χ2n) is 6.30. The van der Waals surface area contributed by atoms with Crippen molar-refractivity contribution in [1.82, 2.24) is 14.9 Å². The second kappa shape index (κ2) is 7.18. The van der Waals surface area contributed by atoms with Crippen molar-refractivity contribution in [3.63, 3.8) is 0 Å². The Hall–Kier alpha value is -1.23. The number of halogens is 2. The smallest absolute Gasteiger partial charge is 0.312 e. The zero-order valence-corrected chi connectivity index (χ0v) is 17.0. The molecule has 2 aromatic rings. The number of fused-ring (bicyclic) bond motifs is 1. The highest BCUT2D eigenvalue weighted by molar-refractivity contribution is 9.13. The van der Waals surface area contributed by atoms with Crippen molar-refractivity contribution in [2.45, 2.75) is 25.9 Å². The number of hydrogen-bond donors (Lipinski definition) is 2. The standard InChI is InChI=1S/C15H19Br2N5O3/c1-8(2)21-11-5-10(16)12(17)14(22(24)25)13(11)19-15(21)20-4-3-18-9(6-20)7-23/h5,8-9,18,23H,3-4,6-7H2,1-2H3. The molecule has 0 bridgehead atoms. The average Bonchev–Trinajstić information content (AvgIpc) is 2.94. The third kappa shape index (κ3) is 3.27. The molecule has 1 aromatic heterocycles. The molecule has 1 unspecified atom stereocenters. The molecular formula is C15H19Br2N5O3. The summed E-state index contributed by atoms with van der Waals surface area (Å²) in [6, 6.07) is 1.90. The number of nitrogens with zero attached hydrogens (tertiary/aromatic N) is 4. The van der Waals surface area contributed by atoms with Gasteiger partial charge in [-0.3, -0.25) is 10.1 Å². The fourth-order valence-electron chi connectivity index (χ4n) is 3.17. The first-order valence-electron chi connectivity index (χ1n) is 7.98. The molecule has 0 spiro atoms. The average molecular weight is 477 g/mol. The maximum atomic E-state index is 11.6. The van der Waals surface area contributed by atoms with E-state index in [0.717, 1.165) is 13.1 Å². The van der Waals surface area contributed by atoms with Crippen molar-refractivity contribution in [2.24, 2.45) is 0 Å². The summed E-state index contributed by atoms with van der Waals surface area (Å²) in [5.74, 6) is 0.693. The van der Waals surface area contributed by atoms with Crippen molar-refractivity contribution >= 4 is 54.5 Å². The number of rotatable bonds is 4. The first kappa shape index (κ1) is 18.6. The summed E-state index contributed by atoms with van der Waals surface area (Å²) < 4.78 is 3.02. The van der Waals surface area contributed by atoms with E-state index in [9.17, 15) is 15.2 Å². The Labute approximate surface area is 161 Å². The van der Waals surface area contributed by atoms with Gasteiger partial charge in [0.15, 0.2) is 5.52 Å². The highest BCUT2D eigenvalue weighted by atomic mass is 79.9. The van der Waals surface area contributed by atoms with Crippen LogP contribution in [0.4, 0.5) is 11.6 Å². The molecule has 2 N–H and O–H groups in total. The van der Waals surface area contributed by atoms with Gasteiger partial charge in [0.25, 0.3) is 0 Å². The number of aromatic nitrogens is 2. The molecule has 1 saturated heterocycles. The lowest BCUT2D eigenvalue weighted by Crippen LogP contribution is -2.53. The lowest BCUT2D eigenvalue weighted by atomic mass is 10.2. The van der Waals surface area contributed by atoms with Crippen LogP contribution in [-0.2, 0) is 0 Å². The molecule has 8 nitrogen and oxygen atoms in total. The maximum absolute atomic E-state index is 11.6. The molecule has 1 fully saturated rings. The van der Waals surface area contributed by atoms with Gasteiger partial charge in [0.05, 0.1) is 17.0 Å². The minimum Gasteiger partial charge on any atom is -0.395 e. The molecule has 1 aliphatic rings. The number of nitrogens with one attached hydrogen (secondary N) is 1. The normalized spacial score (nSPS) is 18.3. The zero-order valence-electron chi connectivity index (χ0n) is 13.9. The van der Waals surface area contributed by atoms with Crippen molar-refractivity contribution < 1.29 is 10.0 Å². The van der Waals surface area contributed by atoms with Gasteiger partial charge in [-0.2, -0.15) is 0 Å². The zero-order chi connectivity index (χ0) is 18.3. The first-order chi connectivity index (χ1) is 11.8. The quantitative estimate of drug-likeness (QED) is 0.520. The monoisotopic (exact) mass is 475 g/mol. The van der Waals surface area contributed by atoms with Gasteiger partial charge < -0.3 is 19.9 Å². The van der Waals surface area contributed by atoms with Crippen LogP contribution >= 0.6 is 31.9 Å². The number of aliphatic hydroxyl groups excluding tert-OH is 1. The van der Waals surface area contributed by atoms with Crippen molar-refractivity contribution in [3.05, 3.63) is 25.1 Å². The van der Waals surface area contributed by atoms with Crippen LogP contribution in [0.2, 0.25) is 0 Å². The highest BCUT2D eigenvalue weighted by Crippen LogP contribution is 2.41. The van der Waals surface area contributed by atoms with E-state index in [1.807, 2.05) is 24.5 Å². The van der Waals surface area contributed by atoms with Gasteiger partial charge in [0.2, 0.25) is 5.95 Å². The van der Waals surface area contributed by atoms with E-state index in [2.05, 4.69) is 47.1 Å². The summed E-state index contributed by atoms with van der Waals surface area (Å²) in [4.78, 5) is 17.9. The Morgan fingerprint density at radius 3 is 2.84 bits per heavy atom. The Morgan fingerprint density at radius 2 is 2.24 bits per heavy atom. The third-order valence-corrected chi connectivity index (χ3v) is 6.25. The first-order valence-corrected chi connectivity index (χ1v) is 9.57. The number of nitro benzene ring substituents is 1. The number of hydrogen-bond acceptors (Lipinski definition) is 6. The summed E-state index contributed by atoms with van der Waals surface area (Å²) >= 11 is 6.69. The number of nitro groups is 1. The van der Waals surface area contributed by atoms with Crippen molar-refractivity contribution in [1.29, 1.82) is 0 Å². The van der Waals surface area contributed by atoms with E-state index in [1.54, 1.807) is 0 Å². The largest absolute Gasteiger partial charge is 0.395 e. The summed E-state index contributed by atoms with van der Waals surface area (Å²) in [7, 11) is 0. The van der Waals surface area contributed by atoms with Crippen LogP contribution in [0.3, 0.4) is 0 Å². The van der Waals surface area contributed by atoms with Crippen LogP contribution in [0.15, 0.2) is 15.0 Å². The number of benzene rings is 1. The van der Waals surface area contributed by atoms with Crippen molar-refractivity contribution in [2.75, 3.05) is 31.1 Å². The number of aliphatic hydroxyl groups is 1. The Kier molecular flexibility index (Phi) is 5.33. The van der Waals surface area contributed by atoms with Gasteiger partial charge in [-0.25, -0.2) is 4.98 Å². The maximum Gasteiger partial charge on any atom is 0.312 e. The Balaban J connectivity index is 2.24. The van der Waals surface area contributed by atoms with Crippen molar-refractivity contribution in [3.8, 4) is 0 Å². The van der Waals surface area contributed by atoms with E-state index in [1.165, 1.54) is 0 Å². The van der Waals surface area contributed by atoms with Gasteiger partial charge in [-0.05, 0) is 51.8 Å². The molecule has 3 rings (SSSR count). The highest BCUT2D eigenvalue weighted by Gasteiger charge is 2.30. The third-order valence-electron chi connectivity index (χ3n) is 4.29. The van der Waals surface area contributed by atoms with E-state index >= 15 is 0 Å². The van der Waals surface area contributed by atoms with E-state index < -0.39 is 4.92 Å². The molecule has 1 aliphatic heterocycles. The van der Waals surface area contributed by atoms with Gasteiger partial charge in [-0.15, -0.1) is 0 Å². The fourth-order valence-corrected chi connectivity index (χ4v) is 4.03. The number of anilines is 1. The van der Waals surface area contributed by atoms with Crippen LogP contribution in [0.1, 0.15) is 19.9 Å². The predicted molar refractivity (Wildman–Crippen MR) is 103 cm³/mol. The summed E-state index contributed by atoms with van der Waals surface area (Å²) in [6.45, 7) is 6.14. The second-order valence-corrected chi connectivity index (χ2v) is 7.95. The molecule has 0 amide bonds. The van der Waals surface area contributed by atoms with Crippen LogP contribution in [-0.4, -0.2) is 51.9 Å². The molecular weight excluding hydrogens is 458 g/mol. The predicted octanol–water partition coefficient (Wildman–Crippen LogP) is 2.82. The van der Waals surface area contributed by atoms with Gasteiger partial charge in [0.1, 0.15) is 4.47 Å². The van der Waals surface area contributed by atoms with Crippen LogP contribution in [0.5, 0.6) is 0 Å². The number of piperazine rings is 1. The fraction of sp³-hybridized carbons (Fsp3) is 0.533. The number of imidazole rings is 1. The molecule has 1 aromatic carbocycles. The lowest BCUT2D eigenvalue weighted by Gasteiger charge is -2.34.